The van der Waals surface area contributed by atoms with E-state index in [1.54, 1.807) is 0 Å². The van der Waals surface area contributed by atoms with Gasteiger partial charge in [-0.3, -0.25) is 0 Å². The van der Waals surface area contributed by atoms with E-state index in [4.69, 9.17) is 4.43 Å². The fraction of sp³-hybridized carbons (Fsp3) is 0.391. The molecule has 0 fully saturated rings. The van der Waals surface area contributed by atoms with Crippen LogP contribution in [0.15, 0.2) is 72.8 Å². The minimum atomic E-state index is -2.49. The van der Waals surface area contributed by atoms with Gasteiger partial charge in [-0.2, -0.15) is 0 Å². The number of aliphatic hydroxyl groups is 1. The smallest absolute Gasteiger partial charge is 0.261 e. The Morgan fingerprint density at radius 2 is 1.46 bits per heavy atom. The topological polar surface area (TPSA) is 29.5 Å². The van der Waals surface area contributed by atoms with Crippen LogP contribution in [0.2, 0.25) is 5.04 Å². The summed E-state index contributed by atoms with van der Waals surface area (Å²) >= 11 is 0. The zero-order chi connectivity index (χ0) is 19.2. The lowest BCUT2D eigenvalue weighted by atomic mass is 10.1. The summed E-state index contributed by atoms with van der Waals surface area (Å²) in [7, 11) is -2.49. The fourth-order valence-electron chi connectivity index (χ4n) is 3.61. The third kappa shape index (κ3) is 4.73. The van der Waals surface area contributed by atoms with Crippen molar-refractivity contribution in [3.8, 4) is 0 Å². The number of benzene rings is 2. The molecule has 0 saturated carbocycles. The molecule has 0 aromatic heterocycles. The number of hydrogen-bond acceptors (Lipinski definition) is 2. The van der Waals surface area contributed by atoms with E-state index in [-0.39, 0.29) is 5.04 Å². The first-order valence-corrected chi connectivity index (χ1v) is 11.3. The Morgan fingerprint density at radius 1 is 1.00 bits per heavy atom. The van der Waals surface area contributed by atoms with Gasteiger partial charge in [0.25, 0.3) is 8.32 Å². The molecule has 2 nitrogen and oxygen atoms in total. The summed E-state index contributed by atoms with van der Waals surface area (Å²) in [6, 6.07) is 21.2. The van der Waals surface area contributed by atoms with E-state index in [0.29, 0.717) is 19.4 Å². The SMILES string of the molecule is C=C(C)C[C@@H](O)CCO[Si](c1ccccc1)(c1ccccc1)C(C)(C)C. The van der Waals surface area contributed by atoms with Crippen molar-refractivity contribution in [3.63, 3.8) is 0 Å². The van der Waals surface area contributed by atoms with Crippen LogP contribution in [0.25, 0.3) is 0 Å². The second-order valence-corrected chi connectivity index (χ2v) is 12.4. The molecule has 0 amide bonds. The number of aliphatic hydroxyl groups excluding tert-OH is 1. The third-order valence-electron chi connectivity index (χ3n) is 4.77. The molecule has 140 valence electrons. The first kappa shape index (κ1) is 20.6. The molecule has 0 spiro atoms. The van der Waals surface area contributed by atoms with Gasteiger partial charge >= 0.3 is 0 Å². The number of rotatable bonds is 8. The lowest BCUT2D eigenvalue weighted by molar-refractivity contribution is 0.136. The molecule has 26 heavy (non-hydrogen) atoms. The van der Waals surface area contributed by atoms with E-state index in [1.165, 1.54) is 10.4 Å². The molecule has 0 heterocycles. The minimum Gasteiger partial charge on any atom is -0.407 e. The monoisotopic (exact) mass is 368 g/mol. The Balaban J connectivity index is 2.39. The summed E-state index contributed by atoms with van der Waals surface area (Å²) in [4.78, 5) is 0. The van der Waals surface area contributed by atoms with E-state index >= 15 is 0 Å². The second-order valence-electron chi connectivity index (χ2n) is 8.12. The van der Waals surface area contributed by atoms with Crippen LogP contribution in [-0.2, 0) is 4.43 Å². The number of hydrogen-bond donors (Lipinski definition) is 1. The summed E-state index contributed by atoms with van der Waals surface area (Å²) < 4.78 is 6.77. The quantitative estimate of drug-likeness (QED) is 0.557. The van der Waals surface area contributed by atoms with Crippen molar-refractivity contribution in [3.05, 3.63) is 72.8 Å². The van der Waals surface area contributed by atoms with Gasteiger partial charge in [0.2, 0.25) is 0 Å². The van der Waals surface area contributed by atoms with Gasteiger partial charge in [-0.15, -0.1) is 6.58 Å². The van der Waals surface area contributed by atoms with Crippen LogP contribution in [0.3, 0.4) is 0 Å². The Hall–Kier alpha value is -1.68. The highest BCUT2D eigenvalue weighted by atomic mass is 28.4. The lowest BCUT2D eigenvalue weighted by Crippen LogP contribution is -2.66. The van der Waals surface area contributed by atoms with Gasteiger partial charge in [0.1, 0.15) is 0 Å². The van der Waals surface area contributed by atoms with E-state index in [2.05, 4.69) is 75.9 Å². The Bertz CT molecular complexity index is 650. The van der Waals surface area contributed by atoms with Crippen molar-refractivity contribution in [2.45, 2.75) is 51.7 Å². The Kier molecular flexibility index (Phi) is 6.99. The summed E-state index contributed by atoms with van der Waals surface area (Å²) in [5.41, 5.74) is 1.00. The average molecular weight is 369 g/mol. The van der Waals surface area contributed by atoms with Gasteiger partial charge < -0.3 is 9.53 Å². The Morgan fingerprint density at radius 3 is 1.85 bits per heavy atom. The molecule has 1 N–H and O–H groups in total. The van der Waals surface area contributed by atoms with Crippen LogP contribution >= 0.6 is 0 Å². The van der Waals surface area contributed by atoms with E-state index < -0.39 is 14.4 Å². The molecule has 0 saturated heterocycles. The van der Waals surface area contributed by atoms with Crippen molar-refractivity contribution < 1.29 is 9.53 Å². The molecule has 0 radical (unpaired) electrons. The van der Waals surface area contributed by atoms with Crippen molar-refractivity contribution in [1.29, 1.82) is 0 Å². The summed E-state index contributed by atoms with van der Waals surface area (Å²) in [6.45, 7) is 13.2. The van der Waals surface area contributed by atoms with Crippen LogP contribution in [0.5, 0.6) is 0 Å². The van der Waals surface area contributed by atoms with Gasteiger partial charge in [0.15, 0.2) is 0 Å². The molecule has 2 aromatic rings. The maximum Gasteiger partial charge on any atom is 0.261 e. The van der Waals surface area contributed by atoms with Crippen LogP contribution in [0.1, 0.15) is 40.5 Å². The zero-order valence-electron chi connectivity index (χ0n) is 16.5. The largest absolute Gasteiger partial charge is 0.407 e. The van der Waals surface area contributed by atoms with Crippen molar-refractivity contribution in [1.82, 2.24) is 0 Å². The Labute approximate surface area is 159 Å². The summed E-state index contributed by atoms with van der Waals surface area (Å²) in [5, 5.41) is 12.7. The molecule has 2 aromatic carbocycles. The fourth-order valence-corrected chi connectivity index (χ4v) is 8.19. The zero-order valence-corrected chi connectivity index (χ0v) is 17.5. The van der Waals surface area contributed by atoms with E-state index in [0.717, 1.165) is 5.57 Å². The molecule has 0 aliphatic carbocycles. The first-order valence-electron chi connectivity index (χ1n) is 9.35. The minimum absolute atomic E-state index is 0.0327. The van der Waals surface area contributed by atoms with Crippen LogP contribution in [-0.4, -0.2) is 26.1 Å². The molecule has 3 heteroatoms. The predicted octanol–water partition coefficient (Wildman–Crippen LogP) is 4.28. The summed E-state index contributed by atoms with van der Waals surface area (Å²) in [6.07, 6.45) is 0.854. The lowest BCUT2D eigenvalue weighted by Gasteiger charge is -2.43. The van der Waals surface area contributed by atoms with E-state index in [1.807, 2.05) is 19.1 Å². The third-order valence-corrected chi connectivity index (χ3v) is 9.81. The first-order chi connectivity index (χ1) is 12.3. The maximum atomic E-state index is 10.2. The van der Waals surface area contributed by atoms with Crippen molar-refractivity contribution >= 4 is 18.7 Å². The van der Waals surface area contributed by atoms with Crippen LogP contribution in [0, 0.1) is 0 Å². The highest BCUT2D eigenvalue weighted by Gasteiger charge is 2.49. The highest BCUT2D eigenvalue weighted by Crippen LogP contribution is 2.36. The normalized spacial score (nSPS) is 13.4. The predicted molar refractivity (Wildman–Crippen MR) is 114 cm³/mol. The van der Waals surface area contributed by atoms with Gasteiger partial charge in [-0.05, 0) is 35.2 Å². The van der Waals surface area contributed by atoms with Gasteiger partial charge in [-0.1, -0.05) is 87.0 Å². The average Bonchev–Trinajstić information content (AvgIpc) is 2.58. The molecule has 2 rings (SSSR count). The second kappa shape index (κ2) is 8.80. The summed E-state index contributed by atoms with van der Waals surface area (Å²) in [5.74, 6) is 0. The molecule has 1 atom stereocenters. The molecule has 0 aliphatic rings. The van der Waals surface area contributed by atoms with Crippen molar-refractivity contribution in [2.24, 2.45) is 0 Å². The highest BCUT2D eigenvalue weighted by molar-refractivity contribution is 6.99. The maximum absolute atomic E-state index is 10.2. The molecular weight excluding hydrogens is 336 g/mol. The van der Waals surface area contributed by atoms with Crippen LogP contribution in [0.4, 0.5) is 0 Å². The van der Waals surface area contributed by atoms with Gasteiger partial charge in [0, 0.05) is 6.61 Å². The molecule has 0 aliphatic heterocycles. The van der Waals surface area contributed by atoms with Crippen LogP contribution < -0.4 is 10.4 Å². The molecule has 0 bridgehead atoms. The molecule has 0 unspecified atom stereocenters. The van der Waals surface area contributed by atoms with Gasteiger partial charge in [0.05, 0.1) is 6.10 Å². The van der Waals surface area contributed by atoms with Gasteiger partial charge in [-0.25, -0.2) is 0 Å². The molecular formula is C23H32O2Si. The standard InChI is InChI=1S/C23H32O2Si/c1-19(2)18-20(24)16-17-25-26(23(3,4)5,21-12-8-6-9-13-21)22-14-10-7-11-15-22/h6-15,20,24H,1,16-18H2,2-5H3/t20-/m0/s1. The van der Waals surface area contributed by atoms with E-state index in [9.17, 15) is 5.11 Å². The van der Waals surface area contributed by atoms with Crippen molar-refractivity contribution in [2.75, 3.05) is 6.61 Å².